The molecule has 0 fully saturated rings. The predicted octanol–water partition coefficient (Wildman–Crippen LogP) is 3.64. The molecule has 94 valence electrons. The first-order valence-electron chi connectivity index (χ1n) is 6.64. The molecule has 2 N–H and O–H groups in total. The molecular formula is C16H20N2. The molecule has 2 aromatic rings. The summed E-state index contributed by atoms with van der Waals surface area (Å²) in [5.74, 6) is 0. The van der Waals surface area contributed by atoms with Gasteiger partial charge in [-0.2, -0.15) is 0 Å². The molecule has 2 heteroatoms. The summed E-state index contributed by atoms with van der Waals surface area (Å²) in [4.78, 5) is 4.85. The summed E-state index contributed by atoms with van der Waals surface area (Å²) in [6.07, 6.45) is 3.30. The van der Waals surface area contributed by atoms with Crippen molar-refractivity contribution in [2.24, 2.45) is 5.41 Å². The lowest BCUT2D eigenvalue weighted by Crippen LogP contribution is -2.24. The van der Waals surface area contributed by atoms with Crippen molar-refractivity contribution in [1.82, 2.24) is 4.98 Å². The molecule has 0 aliphatic heterocycles. The number of rotatable bonds is 0. The molecule has 18 heavy (non-hydrogen) atoms. The molecule has 0 spiro atoms. The zero-order valence-corrected chi connectivity index (χ0v) is 11.4. The minimum Gasteiger partial charge on any atom is -0.398 e. The van der Waals surface area contributed by atoms with E-state index in [2.05, 4.69) is 39.0 Å². The van der Waals surface area contributed by atoms with Crippen molar-refractivity contribution in [2.75, 3.05) is 5.73 Å². The van der Waals surface area contributed by atoms with E-state index in [-0.39, 0.29) is 0 Å². The smallest absolute Gasteiger partial charge is 0.0728 e. The second kappa shape index (κ2) is 3.71. The van der Waals surface area contributed by atoms with Gasteiger partial charge in [-0.3, -0.25) is 4.98 Å². The van der Waals surface area contributed by atoms with Gasteiger partial charge < -0.3 is 5.73 Å². The van der Waals surface area contributed by atoms with E-state index in [1.165, 1.54) is 23.2 Å². The summed E-state index contributed by atoms with van der Waals surface area (Å²) in [6, 6.07) is 6.24. The van der Waals surface area contributed by atoms with E-state index in [9.17, 15) is 0 Å². The first kappa shape index (κ1) is 11.5. The summed E-state index contributed by atoms with van der Waals surface area (Å²) in [5, 5.41) is 1.15. The van der Waals surface area contributed by atoms with Crippen molar-refractivity contribution < 1.29 is 0 Å². The minimum absolute atomic E-state index is 0.351. The Morgan fingerprint density at radius 3 is 2.83 bits per heavy atom. The third-order valence-electron chi connectivity index (χ3n) is 4.15. The average molecular weight is 240 g/mol. The van der Waals surface area contributed by atoms with Gasteiger partial charge in [0.05, 0.1) is 5.52 Å². The van der Waals surface area contributed by atoms with Gasteiger partial charge in [0.2, 0.25) is 0 Å². The van der Waals surface area contributed by atoms with Crippen molar-refractivity contribution in [1.29, 1.82) is 0 Å². The summed E-state index contributed by atoms with van der Waals surface area (Å²) in [7, 11) is 0. The molecule has 1 aromatic heterocycles. The highest BCUT2D eigenvalue weighted by molar-refractivity contribution is 5.94. The van der Waals surface area contributed by atoms with E-state index in [0.29, 0.717) is 5.41 Å². The van der Waals surface area contributed by atoms with Crippen LogP contribution < -0.4 is 5.73 Å². The summed E-state index contributed by atoms with van der Waals surface area (Å²) < 4.78 is 0. The number of nitrogens with zero attached hydrogens (tertiary/aromatic N) is 1. The molecule has 0 bridgehead atoms. The first-order chi connectivity index (χ1) is 8.48. The van der Waals surface area contributed by atoms with Gasteiger partial charge in [0.25, 0.3) is 0 Å². The molecular weight excluding hydrogens is 220 g/mol. The molecule has 1 heterocycles. The number of aromatic nitrogens is 1. The number of aryl methyl sites for hydroxylation is 1. The van der Waals surface area contributed by atoms with Crippen LogP contribution in [0.2, 0.25) is 0 Å². The normalized spacial score (nSPS) is 17.7. The van der Waals surface area contributed by atoms with Crippen LogP contribution in [0, 0.1) is 12.3 Å². The Morgan fingerprint density at radius 1 is 1.28 bits per heavy atom. The molecule has 0 saturated carbocycles. The van der Waals surface area contributed by atoms with Crippen LogP contribution in [0.3, 0.4) is 0 Å². The molecule has 2 nitrogen and oxygen atoms in total. The average Bonchev–Trinajstić information content (AvgIpc) is 2.27. The van der Waals surface area contributed by atoms with Crippen molar-refractivity contribution in [3.63, 3.8) is 0 Å². The monoisotopic (exact) mass is 240 g/mol. The summed E-state index contributed by atoms with van der Waals surface area (Å²) in [5.41, 5.74) is 12.5. The maximum atomic E-state index is 6.39. The molecule has 0 atom stereocenters. The molecule has 3 rings (SSSR count). The van der Waals surface area contributed by atoms with Crippen LogP contribution in [-0.2, 0) is 12.8 Å². The lowest BCUT2D eigenvalue weighted by molar-refractivity contribution is 0.312. The number of hydrogen-bond donors (Lipinski definition) is 1. The molecule has 0 radical (unpaired) electrons. The molecule has 1 aliphatic rings. The van der Waals surface area contributed by atoms with Crippen LogP contribution in [0.5, 0.6) is 0 Å². The topological polar surface area (TPSA) is 38.9 Å². The summed E-state index contributed by atoms with van der Waals surface area (Å²) in [6.45, 7) is 6.74. The maximum absolute atomic E-state index is 6.39. The number of nitrogens with two attached hydrogens (primary N) is 1. The van der Waals surface area contributed by atoms with Gasteiger partial charge in [-0.25, -0.2) is 0 Å². The Bertz CT molecular complexity index is 627. The number of benzene rings is 1. The zero-order valence-electron chi connectivity index (χ0n) is 11.4. The van der Waals surface area contributed by atoms with Gasteiger partial charge in [0.1, 0.15) is 0 Å². The zero-order chi connectivity index (χ0) is 12.9. The fourth-order valence-electron chi connectivity index (χ4n) is 3.05. The van der Waals surface area contributed by atoms with E-state index in [4.69, 9.17) is 10.7 Å². The van der Waals surface area contributed by atoms with E-state index in [1.54, 1.807) is 0 Å². The maximum Gasteiger partial charge on any atom is 0.0728 e. The van der Waals surface area contributed by atoms with Gasteiger partial charge in [0, 0.05) is 16.8 Å². The Hall–Kier alpha value is -1.57. The number of anilines is 1. The van der Waals surface area contributed by atoms with Gasteiger partial charge in [-0.05, 0) is 48.8 Å². The van der Waals surface area contributed by atoms with Crippen LogP contribution in [0.15, 0.2) is 18.2 Å². The lowest BCUT2D eigenvalue weighted by Gasteiger charge is -2.31. The number of hydrogen-bond acceptors (Lipinski definition) is 2. The van der Waals surface area contributed by atoms with Crippen molar-refractivity contribution in [3.8, 4) is 0 Å². The highest BCUT2D eigenvalue weighted by atomic mass is 14.7. The molecule has 0 unspecified atom stereocenters. The number of nitrogen functional groups attached to an aromatic ring is 1. The summed E-state index contributed by atoms with van der Waals surface area (Å²) >= 11 is 0. The molecule has 1 aromatic carbocycles. The lowest BCUT2D eigenvalue weighted by atomic mass is 9.75. The second-order valence-corrected chi connectivity index (χ2v) is 6.26. The van der Waals surface area contributed by atoms with Crippen molar-refractivity contribution in [2.45, 2.75) is 40.0 Å². The van der Waals surface area contributed by atoms with Gasteiger partial charge in [-0.1, -0.05) is 26.0 Å². The first-order valence-corrected chi connectivity index (χ1v) is 6.64. The van der Waals surface area contributed by atoms with Crippen LogP contribution in [0.25, 0.3) is 10.9 Å². The largest absolute Gasteiger partial charge is 0.398 e. The number of pyridine rings is 1. The third-order valence-corrected chi connectivity index (χ3v) is 4.15. The molecule has 0 amide bonds. The Balaban J connectivity index is 2.30. The van der Waals surface area contributed by atoms with Gasteiger partial charge >= 0.3 is 0 Å². The van der Waals surface area contributed by atoms with E-state index in [0.717, 1.165) is 29.4 Å². The van der Waals surface area contributed by atoms with Gasteiger partial charge in [0.15, 0.2) is 0 Å². The fourth-order valence-corrected chi connectivity index (χ4v) is 3.05. The van der Waals surface area contributed by atoms with Gasteiger partial charge in [-0.15, -0.1) is 0 Å². The highest BCUT2D eigenvalue weighted by Gasteiger charge is 2.28. The predicted molar refractivity (Wildman–Crippen MR) is 76.7 cm³/mol. The van der Waals surface area contributed by atoms with Crippen molar-refractivity contribution in [3.05, 3.63) is 35.0 Å². The molecule has 1 aliphatic carbocycles. The third kappa shape index (κ3) is 1.67. The Morgan fingerprint density at radius 2 is 2.06 bits per heavy atom. The minimum atomic E-state index is 0.351. The van der Waals surface area contributed by atoms with Crippen molar-refractivity contribution >= 4 is 16.6 Å². The Kier molecular flexibility index (Phi) is 2.37. The molecule has 0 saturated heterocycles. The fraction of sp³-hybridized carbons (Fsp3) is 0.438. The Labute approximate surface area is 108 Å². The van der Waals surface area contributed by atoms with Crippen LogP contribution in [0.4, 0.5) is 5.69 Å². The van der Waals surface area contributed by atoms with Crippen LogP contribution in [-0.4, -0.2) is 4.98 Å². The second-order valence-electron chi connectivity index (χ2n) is 6.26. The number of fused-ring (bicyclic) bond motifs is 2. The van der Waals surface area contributed by atoms with E-state index >= 15 is 0 Å². The van der Waals surface area contributed by atoms with Crippen LogP contribution in [0.1, 0.15) is 37.1 Å². The van der Waals surface area contributed by atoms with E-state index in [1.807, 2.05) is 0 Å². The van der Waals surface area contributed by atoms with E-state index < -0.39 is 0 Å². The quantitative estimate of drug-likeness (QED) is 0.763. The van der Waals surface area contributed by atoms with Crippen LogP contribution >= 0.6 is 0 Å². The highest BCUT2D eigenvalue weighted by Crippen LogP contribution is 2.39. The SMILES string of the molecule is Cc1cccc2nc3c(c(N)c12)CCC(C)(C)C3. The standard InChI is InChI=1S/C16H20N2/c1-10-5-4-6-12-14(10)15(17)11-7-8-16(2,3)9-13(11)18-12/h4-6H,7-9H2,1-3H3,(H2,17,18).